The molecule has 0 aliphatic rings. The maximum Gasteiger partial charge on any atom is 0.0394 e. The highest BCUT2D eigenvalue weighted by molar-refractivity contribution is 5.89. The summed E-state index contributed by atoms with van der Waals surface area (Å²) in [4.78, 5) is 0. The zero-order chi connectivity index (χ0) is 13.2. The predicted molar refractivity (Wildman–Crippen MR) is 83.1 cm³/mol. The van der Waals surface area contributed by atoms with Crippen LogP contribution in [0, 0.1) is 0 Å². The minimum atomic E-state index is 0.793. The second kappa shape index (κ2) is 4.62. The van der Waals surface area contributed by atoms with Gasteiger partial charge in [0.25, 0.3) is 0 Å². The maximum atomic E-state index is 6.13. The zero-order valence-corrected chi connectivity index (χ0v) is 10.6. The molecule has 1 nitrogen and oxygen atoms in total. The molecule has 0 amide bonds. The molecule has 0 aliphatic heterocycles. The number of rotatable bonds is 1. The van der Waals surface area contributed by atoms with Crippen LogP contribution in [0.1, 0.15) is 5.56 Å². The van der Waals surface area contributed by atoms with Crippen molar-refractivity contribution in [2.45, 2.75) is 0 Å². The van der Waals surface area contributed by atoms with Gasteiger partial charge >= 0.3 is 0 Å². The molecule has 0 saturated heterocycles. The third-order valence-electron chi connectivity index (χ3n) is 3.32. The Morgan fingerprint density at radius 3 is 2.21 bits per heavy atom. The summed E-state index contributed by atoms with van der Waals surface area (Å²) in [6, 6.07) is 20.4. The minimum absolute atomic E-state index is 0.793. The van der Waals surface area contributed by atoms with Crippen LogP contribution in [-0.2, 0) is 0 Å². The third-order valence-corrected chi connectivity index (χ3v) is 3.32. The van der Waals surface area contributed by atoms with Crippen molar-refractivity contribution in [1.29, 1.82) is 0 Å². The Balaban J connectivity index is 2.27. The summed E-state index contributed by atoms with van der Waals surface area (Å²) in [5.74, 6) is 0. The van der Waals surface area contributed by atoms with Crippen LogP contribution >= 0.6 is 0 Å². The molecule has 0 aromatic heterocycles. The van der Waals surface area contributed by atoms with Gasteiger partial charge in [-0.05, 0) is 45.0 Å². The molecule has 0 heterocycles. The molecule has 0 radical (unpaired) electrons. The second-order valence-corrected chi connectivity index (χ2v) is 4.67. The fourth-order valence-corrected chi connectivity index (χ4v) is 2.24. The molecule has 0 atom stereocenters. The Labute approximate surface area is 112 Å². The van der Waals surface area contributed by atoms with Gasteiger partial charge in [-0.25, -0.2) is 0 Å². The molecule has 19 heavy (non-hydrogen) atoms. The normalized spacial score (nSPS) is 11.9. The van der Waals surface area contributed by atoms with Crippen molar-refractivity contribution in [3.8, 4) is 0 Å². The van der Waals surface area contributed by atoms with E-state index in [2.05, 4.69) is 36.9 Å². The number of benzene rings is 3. The van der Waals surface area contributed by atoms with E-state index in [4.69, 9.17) is 5.73 Å². The van der Waals surface area contributed by atoms with Crippen LogP contribution in [0.3, 0.4) is 0 Å². The van der Waals surface area contributed by atoms with Gasteiger partial charge < -0.3 is 5.73 Å². The van der Waals surface area contributed by atoms with E-state index in [-0.39, 0.29) is 0 Å². The van der Waals surface area contributed by atoms with Crippen LogP contribution in [0.2, 0.25) is 0 Å². The molecule has 3 aromatic carbocycles. The monoisotopic (exact) mass is 245 g/mol. The SMILES string of the molecule is C=c1cccc/c1=C/c1cc2ccccc2cc1N. The van der Waals surface area contributed by atoms with Crippen molar-refractivity contribution in [2.24, 2.45) is 0 Å². The van der Waals surface area contributed by atoms with Crippen LogP contribution in [-0.4, -0.2) is 0 Å². The molecule has 0 spiro atoms. The standard InChI is InChI=1S/C18H15N/c1-13-6-2-3-7-14(13)10-17-11-15-8-4-5-9-16(15)12-18(17)19/h2-12H,1,19H2/b14-10-. The second-order valence-electron chi connectivity index (χ2n) is 4.67. The van der Waals surface area contributed by atoms with Crippen LogP contribution < -0.4 is 16.2 Å². The maximum absolute atomic E-state index is 6.13. The first kappa shape index (κ1) is 11.5. The summed E-state index contributed by atoms with van der Waals surface area (Å²) in [6.07, 6.45) is 2.09. The average molecular weight is 245 g/mol. The highest BCUT2D eigenvalue weighted by atomic mass is 14.6. The Morgan fingerprint density at radius 2 is 1.47 bits per heavy atom. The van der Waals surface area contributed by atoms with E-state index < -0.39 is 0 Å². The van der Waals surface area contributed by atoms with Crippen LogP contribution in [0.5, 0.6) is 0 Å². The number of nitrogens with two attached hydrogens (primary N) is 1. The molecule has 0 bridgehead atoms. The van der Waals surface area contributed by atoms with Gasteiger partial charge in [0, 0.05) is 5.69 Å². The molecule has 92 valence electrons. The first-order valence-corrected chi connectivity index (χ1v) is 6.28. The Morgan fingerprint density at radius 1 is 0.842 bits per heavy atom. The summed E-state index contributed by atoms with van der Waals surface area (Å²) in [5, 5.41) is 4.48. The molecular weight excluding hydrogens is 230 g/mol. The zero-order valence-electron chi connectivity index (χ0n) is 10.6. The summed E-state index contributed by atoms with van der Waals surface area (Å²) >= 11 is 0. The van der Waals surface area contributed by atoms with Gasteiger partial charge in [0.2, 0.25) is 0 Å². The molecule has 0 aliphatic carbocycles. The van der Waals surface area contributed by atoms with E-state index in [9.17, 15) is 0 Å². The van der Waals surface area contributed by atoms with Crippen LogP contribution in [0.15, 0.2) is 60.7 Å². The van der Waals surface area contributed by atoms with Gasteiger partial charge in [-0.15, -0.1) is 0 Å². The molecule has 3 rings (SSSR count). The Hall–Kier alpha value is -2.54. The van der Waals surface area contributed by atoms with E-state index in [1.54, 1.807) is 0 Å². The average Bonchev–Trinajstić information content (AvgIpc) is 2.42. The predicted octanol–water partition coefficient (Wildman–Crippen LogP) is 2.66. The van der Waals surface area contributed by atoms with Crippen molar-refractivity contribution in [3.63, 3.8) is 0 Å². The summed E-state index contributed by atoms with van der Waals surface area (Å²) in [6.45, 7) is 4.04. The molecule has 2 N–H and O–H groups in total. The molecular formula is C18H15N. The summed E-state index contributed by atoms with van der Waals surface area (Å²) in [5.41, 5.74) is 7.96. The number of hydrogen-bond acceptors (Lipinski definition) is 1. The van der Waals surface area contributed by atoms with E-state index >= 15 is 0 Å². The largest absolute Gasteiger partial charge is 0.398 e. The first-order valence-electron chi connectivity index (χ1n) is 6.28. The lowest BCUT2D eigenvalue weighted by Gasteiger charge is -2.04. The Bertz CT molecular complexity index is 847. The van der Waals surface area contributed by atoms with Gasteiger partial charge in [-0.3, -0.25) is 0 Å². The lowest BCUT2D eigenvalue weighted by molar-refractivity contribution is 1.52. The van der Waals surface area contributed by atoms with Crippen molar-refractivity contribution in [2.75, 3.05) is 5.73 Å². The van der Waals surface area contributed by atoms with Gasteiger partial charge in [-0.2, -0.15) is 0 Å². The number of fused-ring (bicyclic) bond motifs is 1. The first-order chi connectivity index (χ1) is 9.24. The topological polar surface area (TPSA) is 26.0 Å². The van der Waals surface area contributed by atoms with E-state index in [0.29, 0.717) is 0 Å². The lowest BCUT2D eigenvalue weighted by Crippen LogP contribution is -2.21. The van der Waals surface area contributed by atoms with E-state index in [1.165, 1.54) is 10.8 Å². The molecule has 1 heteroatoms. The Kier molecular flexibility index (Phi) is 2.81. The van der Waals surface area contributed by atoms with Crippen molar-refractivity contribution in [1.82, 2.24) is 0 Å². The van der Waals surface area contributed by atoms with Crippen LogP contribution in [0.4, 0.5) is 5.69 Å². The molecule has 0 fully saturated rings. The number of anilines is 1. The minimum Gasteiger partial charge on any atom is -0.398 e. The highest BCUT2D eigenvalue weighted by Crippen LogP contribution is 2.22. The highest BCUT2D eigenvalue weighted by Gasteiger charge is 1.99. The summed E-state index contributed by atoms with van der Waals surface area (Å²) in [7, 11) is 0. The van der Waals surface area contributed by atoms with Gasteiger partial charge in [0.15, 0.2) is 0 Å². The summed E-state index contributed by atoms with van der Waals surface area (Å²) < 4.78 is 0. The molecule has 0 saturated carbocycles. The van der Waals surface area contributed by atoms with E-state index in [0.717, 1.165) is 21.7 Å². The van der Waals surface area contributed by atoms with Gasteiger partial charge in [0.05, 0.1) is 0 Å². The lowest BCUT2D eigenvalue weighted by atomic mass is 10.0. The quantitative estimate of drug-likeness (QED) is 0.655. The van der Waals surface area contributed by atoms with Crippen molar-refractivity contribution in [3.05, 3.63) is 76.7 Å². The fourth-order valence-electron chi connectivity index (χ4n) is 2.24. The fraction of sp³-hybridized carbons (Fsp3) is 0. The van der Waals surface area contributed by atoms with Crippen molar-refractivity contribution >= 4 is 29.1 Å². The number of hydrogen-bond donors (Lipinski definition) is 1. The third kappa shape index (κ3) is 2.23. The smallest absolute Gasteiger partial charge is 0.0394 e. The van der Waals surface area contributed by atoms with Crippen molar-refractivity contribution < 1.29 is 0 Å². The molecule has 0 unspecified atom stereocenters. The molecule has 3 aromatic rings. The number of nitrogen functional groups attached to an aromatic ring is 1. The van der Waals surface area contributed by atoms with Gasteiger partial charge in [-0.1, -0.05) is 55.1 Å². The van der Waals surface area contributed by atoms with E-state index in [1.807, 2.05) is 36.4 Å². The van der Waals surface area contributed by atoms with Gasteiger partial charge in [0.1, 0.15) is 0 Å². The van der Waals surface area contributed by atoms with Crippen LogP contribution in [0.25, 0.3) is 23.4 Å².